The van der Waals surface area contributed by atoms with Gasteiger partial charge >= 0.3 is 5.97 Å². The van der Waals surface area contributed by atoms with Gasteiger partial charge in [0.05, 0.1) is 5.92 Å². The number of piperidine rings is 2. The van der Waals surface area contributed by atoms with Gasteiger partial charge in [-0.2, -0.15) is 17.0 Å². The van der Waals surface area contributed by atoms with E-state index >= 15 is 0 Å². The standard InChI is InChI=1S/C13H25N3O4S/c1-14(2)12-5-8-15(9-6-12)21(19,20)16-7-3-4-11(10-16)13(17)18/h11-12H,3-10H2,1-2H3,(H,17,18). The van der Waals surface area contributed by atoms with Gasteiger partial charge in [-0.15, -0.1) is 0 Å². The molecule has 1 unspecified atom stereocenters. The van der Waals surface area contributed by atoms with Gasteiger partial charge in [0.25, 0.3) is 10.2 Å². The first kappa shape index (κ1) is 16.7. The van der Waals surface area contributed by atoms with Crippen molar-refractivity contribution in [1.82, 2.24) is 13.5 Å². The van der Waals surface area contributed by atoms with Crippen LogP contribution in [0.15, 0.2) is 0 Å². The van der Waals surface area contributed by atoms with Gasteiger partial charge in [-0.25, -0.2) is 0 Å². The predicted molar refractivity (Wildman–Crippen MR) is 79.1 cm³/mol. The van der Waals surface area contributed by atoms with Gasteiger partial charge in [-0.3, -0.25) is 4.79 Å². The third-order valence-electron chi connectivity index (χ3n) is 4.54. The highest BCUT2D eigenvalue weighted by Crippen LogP contribution is 2.24. The normalized spacial score (nSPS) is 27.1. The second kappa shape index (κ2) is 6.60. The van der Waals surface area contributed by atoms with E-state index in [1.165, 1.54) is 8.61 Å². The molecule has 122 valence electrons. The second-order valence-corrected chi connectivity index (χ2v) is 8.07. The summed E-state index contributed by atoms with van der Waals surface area (Å²) in [5.74, 6) is -1.48. The maximum Gasteiger partial charge on any atom is 0.307 e. The molecule has 2 saturated heterocycles. The summed E-state index contributed by atoms with van der Waals surface area (Å²) in [7, 11) is 0.506. The van der Waals surface area contributed by atoms with Crippen LogP contribution in [-0.2, 0) is 15.0 Å². The van der Waals surface area contributed by atoms with E-state index in [4.69, 9.17) is 5.11 Å². The van der Waals surface area contributed by atoms with Gasteiger partial charge in [-0.05, 0) is 39.8 Å². The molecule has 2 rings (SSSR count). The molecule has 0 spiro atoms. The highest BCUT2D eigenvalue weighted by molar-refractivity contribution is 7.86. The topological polar surface area (TPSA) is 81.2 Å². The molecule has 8 heteroatoms. The lowest BCUT2D eigenvalue weighted by atomic mass is 10.0. The van der Waals surface area contributed by atoms with Crippen LogP contribution in [0.1, 0.15) is 25.7 Å². The highest BCUT2D eigenvalue weighted by atomic mass is 32.2. The Bertz CT molecular complexity index is 472. The molecule has 0 aromatic heterocycles. The molecule has 2 aliphatic heterocycles. The molecule has 0 bridgehead atoms. The summed E-state index contributed by atoms with van der Waals surface area (Å²) in [6.07, 6.45) is 2.82. The molecule has 2 heterocycles. The van der Waals surface area contributed by atoms with E-state index in [1.54, 1.807) is 0 Å². The minimum Gasteiger partial charge on any atom is -0.481 e. The predicted octanol–water partition coefficient (Wildman–Crippen LogP) is 0.0538. The summed E-state index contributed by atoms with van der Waals surface area (Å²) in [6.45, 7) is 1.56. The Morgan fingerprint density at radius 2 is 1.71 bits per heavy atom. The molecule has 1 N–H and O–H groups in total. The monoisotopic (exact) mass is 319 g/mol. The quantitative estimate of drug-likeness (QED) is 0.792. The number of hydrogen-bond acceptors (Lipinski definition) is 4. The largest absolute Gasteiger partial charge is 0.481 e. The van der Waals surface area contributed by atoms with Gasteiger partial charge in [0, 0.05) is 32.2 Å². The van der Waals surface area contributed by atoms with E-state index in [1.807, 2.05) is 14.1 Å². The molecule has 2 aliphatic rings. The van der Waals surface area contributed by atoms with Crippen molar-refractivity contribution in [1.29, 1.82) is 0 Å². The van der Waals surface area contributed by atoms with Crippen LogP contribution in [0.4, 0.5) is 0 Å². The Balaban J connectivity index is 2.00. The van der Waals surface area contributed by atoms with E-state index in [9.17, 15) is 13.2 Å². The zero-order valence-corrected chi connectivity index (χ0v) is 13.5. The Morgan fingerprint density at radius 3 is 2.24 bits per heavy atom. The number of nitrogens with zero attached hydrogens (tertiary/aromatic N) is 3. The van der Waals surface area contributed by atoms with Crippen LogP contribution in [0.3, 0.4) is 0 Å². The van der Waals surface area contributed by atoms with Crippen molar-refractivity contribution in [2.75, 3.05) is 40.3 Å². The molecule has 0 aromatic rings. The fourth-order valence-electron chi connectivity index (χ4n) is 3.11. The van der Waals surface area contributed by atoms with E-state index in [-0.39, 0.29) is 6.54 Å². The number of hydrogen-bond donors (Lipinski definition) is 1. The second-order valence-electron chi connectivity index (χ2n) is 6.14. The lowest BCUT2D eigenvalue weighted by molar-refractivity contribution is -0.142. The third kappa shape index (κ3) is 3.74. The number of aliphatic carboxylic acids is 1. The van der Waals surface area contributed by atoms with Gasteiger partial charge in [0.15, 0.2) is 0 Å². The van der Waals surface area contributed by atoms with Crippen LogP contribution in [0.5, 0.6) is 0 Å². The van der Waals surface area contributed by atoms with E-state index in [2.05, 4.69) is 4.90 Å². The van der Waals surface area contributed by atoms with E-state index < -0.39 is 22.1 Å². The fourth-order valence-corrected chi connectivity index (χ4v) is 4.83. The average molecular weight is 319 g/mol. The van der Waals surface area contributed by atoms with E-state index in [0.29, 0.717) is 38.5 Å². The fraction of sp³-hybridized carbons (Fsp3) is 0.923. The van der Waals surface area contributed by atoms with Crippen LogP contribution in [0.2, 0.25) is 0 Å². The number of carboxylic acid groups (broad SMARTS) is 1. The highest BCUT2D eigenvalue weighted by Gasteiger charge is 2.37. The van der Waals surface area contributed by atoms with Crippen molar-refractivity contribution in [3.8, 4) is 0 Å². The maximum atomic E-state index is 12.6. The summed E-state index contributed by atoms with van der Waals surface area (Å²) in [6, 6.07) is 0.421. The first-order valence-electron chi connectivity index (χ1n) is 7.47. The molecular formula is C13H25N3O4S. The van der Waals surface area contributed by atoms with Gasteiger partial charge in [0.2, 0.25) is 0 Å². The molecule has 0 radical (unpaired) electrons. The molecule has 1 atom stereocenters. The van der Waals surface area contributed by atoms with Crippen molar-refractivity contribution in [2.45, 2.75) is 31.7 Å². The summed E-state index contributed by atoms with van der Waals surface area (Å²) in [5, 5.41) is 9.09. The molecule has 21 heavy (non-hydrogen) atoms. The summed E-state index contributed by atoms with van der Waals surface area (Å²) < 4.78 is 28.1. The van der Waals surface area contributed by atoms with Gasteiger partial charge in [-0.1, -0.05) is 0 Å². The molecular weight excluding hydrogens is 294 g/mol. The van der Waals surface area contributed by atoms with Crippen molar-refractivity contribution >= 4 is 16.2 Å². The van der Waals surface area contributed by atoms with Crippen LogP contribution in [0, 0.1) is 5.92 Å². The van der Waals surface area contributed by atoms with Crippen molar-refractivity contribution in [3.05, 3.63) is 0 Å². The molecule has 7 nitrogen and oxygen atoms in total. The molecule has 0 aromatic carbocycles. The molecule has 0 aliphatic carbocycles. The average Bonchev–Trinajstić information content (AvgIpc) is 2.47. The molecule has 0 saturated carbocycles. The Hall–Kier alpha value is -0.700. The maximum absolute atomic E-state index is 12.6. The SMILES string of the molecule is CN(C)C1CCN(S(=O)(=O)N2CCCC(C(=O)O)C2)CC1. The van der Waals surface area contributed by atoms with E-state index in [0.717, 1.165) is 12.8 Å². The van der Waals surface area contributed by atoms with Crippen LogP contribution >= 0.6 is 0 Å². The van der Waals surface area contributed by atoms with Gasteiger partial charge < -0.3 is 10.0 Å². The lowest BCUT2D eigenvalue weighted by Gasteiger charge is -2.38. The summed E-state index contributed by atoms with van der Waals surface area (Å²) >= 11 is 0. The number of carboxylic acids is 1. The summed E-state index contributed by atoms with van der Waals surface area (Å²) in [5.41, 5.74) is 0. The Morgan fingerprint density at radius 1 is 1.10 bits per heavy atom. The number of rotatable bonds is 4. The Labute approximate surface area is 126 Å². The smallest absolute Gasteiger partial charge is 0.307 e. The first-order valence-corrected chi connectivity index (χ1v) is 8.86. The van der Waals surface area contributed by atoms with Crippen LogP contribution in [-0.4, -0.2) is 79.3 Å². The first-order chi connectivity index (χ1) is 9.82. The molecule has 2 fully saturated rings. The summed E-state index contributed by atoms with van der Waals surface area (Å²) in [4.78, 5) is 13.2. The van der Waals surface area contributed by atoms with Crippen molar-refractivity contribution in [3.63, 3.8) is 0 Å². The van der Waals surface area contributed by atoms with Crippen LogP contribution in [0.25, 0.3) is 0 Å². The lowest BCUT2D eigenvalue weighted by Crippen LogP contribution is -2.52. The minimum atomic E-state index is -3.52. The zero-order valence-electron chi connectivity index (χ0n) is 12.7. The zero-order chi connectivity index (χ0) is 15.6. The molecule has 0 amide bonds. The van der Waals surface area contributed by atoms with Gasteiger partial charge in [0.1, 0.15) is 0 Å². The van der Waals surface area contributed by atoms with Crippen LogP contribution < -0.4 is 0 Å². The Kier molecular flexibility index (Phi) is 5.24. The van der Waals surface area contributed by atoms with Crippen molar-refractivity contribution in [2.24, 2.45) is 5.92 Å². The van der Waals surface area contributed by atoms with Crippen molar-refractivity contribution < 1.29 is 18.3 Å². The number of carbonyl (C=O) groups is 1. The third-order valence-corrected chi connectivity index (χ3v) is 6.54. The minimum absolute atomic E-state index is 0.102.